The molecule has 0 aliphatic rings. The number of ether oxygens (including phenoxy) is 1. The molecule has 0 heterocycles. The monoisotopic (exact) mass is 269 g/mol. The second kappa shape index (κ2) is 8.28. The van der Waals surface area contributed by atoms with Crippen LogP contribution >= 0.6 is 0 Å². The van der Waals surface area contributed by atoms with Gasteiger partial charge >= 0.3 is 5.90 Å². The first-order valence-corrected chi connectivity index (χ1v) is 5.05. The number of aryl methyl sites for hydroxylation is 1. The van der Waals surface area contributed by atoms with E-state index in [4.69, 9.17) is 31.5 Å². The molecule has 0 aromatic heterocycles. The van der Waals surface area contributed by atoms with Crippen LogP contribution in [0.25, 0.3) is 0 Å². The number of hydrazone groups is 1. The Labute approximate surface area is 109 Å². The minimum absolute atomic E-state index is 0.0399. The predicted molar refractivity (Wildman–Crippen MR) is 69.6 cm³/mol. The maximum absolute atomic E-state index is 8.25. The molecule has 0 spiro atoms. The lowest BCUT2D eigenvalue weighted by atomic mass is 10.2. The molecule has 1 aromatic rings. The van der Waals surface area contributed by atoms with Gasteiger partial charge in [0, 0.05) is 5.10 Å². The first kappa shape index (κ1) is 16.2. The van der Waals surface area contributed by atoms with E-state index in [2.05, 4.69) is 10.2 Å². The van der Waals surface area contributed by atoms with E-state index in [0.717, 1.165) is 5.75 Å². The van der Waals surface area contributed by atoms with Gasteiger partial charge in [-0.1, -0.05) is 22.8 Å². The number of rotatable bonds is 2. The van der Waals surface area contributed by atoms with Gasteiger partial charge in [-0.2, -0.15) is 0 Å². The fourth-order valence-corrected chi connectivity index (χ4v) is 0.949. The molecular weight excluding hydrogens is 254 g/mol. The third-order valence-corrected chi connectivity index (χ3v) is 1.63. The van der Waals surface area contributed by atoms with Gasteiger partial charge in [-0.3, -0.25) is 0 Å². The number of guanidine groups is 1. The third-order valence-electron chi connectivity index (χ3n) is 1.63. The topological polar surface area (TPSA) is 154 Å². The van der Waals surface area contributed by atoms with Gasteiger partial charge in [-0.15, -0.1) is 0 Å². The normalized spacial score (nSPS) is 9.89. The average Bonchev–Trinajstić information content (AvgIpc) is 2.29. The first-order chi connectivity index (χ1) is 8.81. The highest BCUT2D eigenvalue weighted by Crippen LogP contribution is 2.10. The van der Waals surface area contributed by atoms with Crippen molar-refractivity contribution in [2.75, 3.05) is 0 Å². The van der Waals surface area contributed by atoms with Crippen LogP contribution in [0.4, 0.5) is 0 Å². The summed E-state index contributed by atoms with van der Waals surface area (Å²) in [6.45, 7) is 3.74. The maximum atomic E-state index is 8.25. The molecule has 9 heteroatoms. The van der Waals surface area contributed by atoms with Crippen molar-refractivity contribution in [1.29, 1.82) is 0 Å². The summed E-state index contributed by atoms with van der Waals surface area (Å²) in [7, 11) is 0. The molecule has 9 nitrogen and oxygen atoms in total. The quantitative estimate of drug-likeness (QED) is 0.266. The summed E-state index contributed by atoms with van der Waals surface area (Å²) in [5.74, 6) is 1.20. The van der Waals surface area contributed by atoms with Crippen LogP contribution < -0.4 is 21.3 Å². The van der Waals surface area contributed by atoms with Crippen LogP contribution in [0.15, 0.2) is 29.4 Å². The highest BCUT2D eigenvalue weighted by Gasteiger charge is 2.00. The lowest BCUT2D eigenvalue weighted by molar-refractivity contribution is -0.471. The van der Waals surface area contributed by atoms with E-state index < -0.39 is 5.09 Å². The van der Waals surface area contributed by atoms with Crippen LogP contribution in [0.3, 0.4) is 0 Å². The zero-order valence-corrected chi connectivity index (χ0v) is 10.5. The van der Waals surface area contributed by atoms with Crippen molar-refractivity contribution in [2.24, 2.45) is 16.6 Å². The summed E-state index contributed by atoms with van der Waals surface area (Å²) in [5, 5.41) is 20.9. The summed E-state index contributed by atoms with van der Waals surface area (Å²) < 4.78 is 5.41. The van der Waals surface area contributed by atoms with Crippen LogP contribution in [0.1, 0.15) is 12.5 Å². The molecule has 0 amide bonds. The van der Waals surface area contributed by atoms with Crippen molar-refractivity contribution in [2.45, 2.75) is 13.8 Å². The molecule has 1 rings (SSSR count). The van der Waals surface area contributed by atoms with Gasteiger partial charge in [0.1, 0.15) is 5.75 Å². The highest BCUT2D eigenvalue weighted by atomic mass is 16.9. The Hall–Kier alpha value is -2.84. The fourth-order valence-electron chi connectivity index (χ4n) is 0.949. The van der Waals surface area contributed by atoms with Crippen molar-refractivity contribution in [3.63, 3.8) is 0 Å². The first-order valence-electron chi connectivity index (χ1n) is 5.05. The number of hydrogen-bond acceptors (Lipinski definition) is 5. The Bertz CT molecular complexity index is 461. The highest BCUT2D eigenvalue weighted by molar-refractivity contribution is 5.75. The molecule has 0 atom stereocenters. The summed E-state index contributed by atoms with van der Waals surface area (Å²) in [6.07, 6.45) is 0. The smallest absolute Gasteiger partial charge is 0.367 e. The summed E-state index contributed by atoms with van der Waals surface area (Å²) in [6, 6.07) is 7.67. The molecular formula is C10H15N5O4. The van der Waals surface area contributed by atoms with Gasteiger partial charge in [0.2, 0.25) is 0 Å². The molecule has 0 radical (unpaired) electrons. The van der Waals surface area contributed by atoms with Gasteiger partial charge in [0.15, 0.2) is 0 Å². The van der Waals surface area contributed by atoms with Crippen molar-refractivity contribution in [3.8, 4) is 5.75 Å². The second-order valence-electron chi connectivity index (χ2n) is 3.34. The van der Waals surface area contributed by atoms with E-state index >= 15 is 0 Å². The Morgan fingerprint density at radius 3 is 2.21 bits per heavy atom. The standard InChI is InChI=1S/C10H14N4O.NO3/c1-7-3-5-9(6-4-7)15-8(2)13-14-10(11)12;2-1(3)4/h3-6H,1-2H3,(H4,11,12,14);/q;-1/p+1/b13-8-;. The van der Waals surface area contributed by atoms with Gasteiger partial charge in [-0.25, -0.2) is 0 Å². The van der Waals surface area contributed by atoms with Gasteiger partial charge in [0.25, 0.3) is 5.96 Å². The Morgan fingerprint density at radius 2 is 1.79 bits per heavy atom. The second-order valence-corrected chi connectivity index (χ2v) is 3.34. The Kier molecular flexibility index (Phi) is 7.04. The zero-order valence-electron chi connectivity index (χ0n) is 10.5. The van der Waals surface area contributed by atoms with E-state index in [1.165, 1.54) is 5.56 Å². The molecule has 1 aromatic carbocycles. The molecule has 0 fully saturated rings. The summed E-state index contributed by atoms with van der Waals surface area (Å²) >= 11 is 0. The molecule has 0 saturated carbocycles. The SMILES string of the molecule is C/C(=[NH+]/N=C(N)N)Oc1ccc(C)cc1.O=[N+]([O-])[O-]. The van der Waals surface area contributed by atoms with Crippen LogP contribution in [-0.2, 0) is 0 Å². The molecule has 0 unspecified atom stereocenters. The van der Waals surface area contributed by atoms with Crippen molar-refractivity contribution >= 4 is 11.9 Å². The van der Waals surface area contributed by atoms with E-state index in [9.17, 15) is 0 Å². The molecule has 0 saturated heterocycles. The van der Waals surface area contributed by atoms with Gasteiger partial charge < -0.3 is 31.5 Å². The van der Waals surface area contributed by atoms with E-state index in [1.54, 1.807) is 6.92 Å². The molecule has 19 heavy (non-hydrogen) atoms. The number of nitrogens with two attached hydrogens (primary N) is 2. The van der Waals surface area contributed by atoms with Crippen LogP contribution in [0.5, 0.6) is 5.75 Å². The third kappa shape index (κ3) is 10.1. The number of nitrogens with one attached hydrogen (secondary N) is 1. The largest absolute Gasteiger partial charge is 0.407 e. The van der Waals surface area contributed by atoms with E-state index in [0.29, 0.717) is 5.90 Å². The lowest BCUT2D eigenvalue weighted by Gasteiger charge is -1.99. The average molecular weight is 269 g/mol. The Balaban J connectivity index is 0.000000711. The minimum atomic E-state index is -1.75. The predicted octanol–water partition coefficient (Wildman–Crippen LogP) is -1.18. The fraction of sp³-hybridized carbons (Fsp3) is 0.200. The zero-order chi connectivity index (χ0) is 14.8. The number of nitrogens with zero attached hydrogens (tertiary/aromatic N) is 2. The maximum Gasteiger partial charge on any atom is 0.367 e. The van der Waals surface area contributed by atoms with Crippen LogP contribution in [0.2, 0.25) is 0 Å². The number of hydrogen-bond donors (Lipinski definition) is 3. The molecule has 0 bridgehead atoms. The van der Waals surface area contributed by atoms with E-state index in [1.807, 2.05) is 31.2 Å². The van der Waals surface area contributed by atoms with Crippen molar-refractivity contribution in [3.05, 3.63) is 45.2 Å². The molecule has 104 valence electrons. The van der Waals surface area contributed by atoms with Crippen LogP contribution in [-0.4, -0.2) is 16.9 Å². The minimum Gasteiger partial charge on any atom is -0.407 e. The molecule has 5 N–H and O–H groups in total. The molecule has 0 aliphatic heterocycles. The lowest BCUT2D eigenvalue weighted by Crippen LogP contribution is -2.68. The van der Waals surface area contributed by atoms with Crippen molar-refractivity contribution < 1.29 is 14.9 Å². The number of benzene rings is 1. The summed E-state index contributed by atoms with van der Waals surface area (Å²) in [4.78, 5) is 8.25. The molecule has 0 aliphatic carbocycles. The summed E-state index contributed by atoms with van der Waals surface area (Å²) in [5.41, 5.74) is 11.5. The Morgan fingerprint density at radius 1 is 1.32 bits per heavy atom. The van der Waals surface area contributed by atoms with Crippen LogP contribution in [0, 0.1) is 22.2 Å². The van der Waals surface area contributed by atoms with Gasteiger partial charge in [-0.05, 0) is 19.1 Å². The van der Waals surface area contributed by atoms with Gasteiger partial charge in [0.05, 0.1) is 12.0 Å². The van der Waals surface area contributed by atoms with E-state index in [-0.39, 0.29) is 5.96 Å². The van der Waals surface area contributed by atoms with Crippen molar-refractivity contribution in [1.82, 2.24) is 0 Å².